The van der Waals surface area contributed by atoms with Crippen LogP contribution in [0.3, 0.4) is 0 Å². The van der Waals surface area contributed by atoms with Gasteiger partial charge in [0.2, 0.25) is 0 Å². The lowest BCUT2D eigenvalue weighted by atomic mass is 10.2. The van der Waals surface area contributed by atoms with Crippen LogP contribution in [0.15, 0.2) is 11.0 Å². The Hall–Kier alpha value is -1.44. The van der Waals surface area contributed by atoms with E-state index in [1.165, 1.54) is 0 Å². The van der Waals surface area contributed by atoms with Crippen LogP contribution in [0.5, 0.6) is 0 Å². The van der Waals surface area contributed by atoms with Gasteiger partial charge in [-0.3, -0.25) is 4.57 Å². The molecule has 0 unspecified atom stereocenters. The van der Waals surface area contributed by atoms with E-state index in [0.717, 1.165) is 10.8 Å². The molecular weight excluding hydrogens is 214 g/mol. The molecule has 7 heteroatoms. The van der Waals surface area contributed by atoms with Crippen LogP contribution in [0.25, 0.3) is 0 Å². The molecule has 0 saturated carbocycles. The summed E-state index contributed by atoms with van der Waals surface area (Å²) < 4.78 is 27.7. The molecule has 0 bridgehead atoms. The van der Waals surface area contributed by atoms with Crippen molar-refractivity contribution in [2.75, 3.05) is 5.73 Å². The predicted octanol–water partition coefficient (Wildman–Crippen LogP) is -1.27. The zero-order valence-corrected chi connectivity index (χ0v) is 8.20. The molecule has 2 rings (SSSR count). The van der Waals surface area contributed by atoms with Crippen LogP contribution >= 0.6 is 0 Å². The van der Waals surface area contributed by atoms with Gasteiger partial charge in [0.1, 0.15) is 18.1 Å². The predicted molar refractivity (Wildman–Crippen MR) is 54.4 cm³/mol. The third-order valence-corrected chi connectivity index (χ3v) is 2.36. The number of nitrogens with two attached hydrogens (primary N) is 1. The van der Waals surface area contributed by atoms with Crippen molar-refractivity contribution in [2.24, 2.45) is 0 Å². The topological polar surface area (TPSA) is 111 Å². The molecule has 1 saturated heterocycles. The van der Waals surface area contributed by atoms with E-state index in [1.54, 1.807) is 0 Å². The Morgan fingerprint density at radius 2 is 2.50 bits per heavy atom. The summed E-state index contributed by atoms with van der Waals surface area (Å²) in [4.78, 5) is 15.1. The minimum absolute atomic E-state index is 0.0485. The van der Waals surface area contributed by atoms with Gasteiger partial charge in [-0.05, 0) is 6.85 Å². The lowest BCUT2D eigenvalue weighted by Crippen LogP contribution is -2.28. The van der Waals surface area contributed by atoms with Gasteiger partial charge in [-0.15, -0.1) is 0 Å². The largest absolute Gasteiger partial charge is 0.388 e. The molecule has 88 valence electrons. The molecule has 4 N–H and O–H groups in total. The molecular formula is C9H13N3O4. The average molecular weight is 230 g/mol. The molecule has 0 radical (unpaired) electrons. The number of aliphatic hydroxyl groups is 2. The van der Waals surface area contributed by atoms with Crippen molar-refractivity contribution < 1.29 is 19.1 Å². The Bertz CT molecular complexity index is 534. The third-order valence-electron chi connectivity index (χ3n) is 2.36. The maximum atomic E-state index is 11.7. The van der Waals surface area contributed by atoms with Gasteiger partial charge in [-0.25, -0.2) is 4.79 Å². The molecule has 0 spiro atoms. The standard InChI is InChI=1S/C9H13N3O4/c1-4-3-12(9(15)11-7(4)10)6-2-5(13)8(14)16-6/h3,5-6,8,13-14H,2H2,1H3,(H2,10,11,15)/t5-,6-,8+/m1/s1/i1D3. The second kappa shape index (κ2) is 3.85. The zero-order valence-electron chi connectivity index (χ0n) is 11.2. The number of nitrogen functional groups attached to an aromatic ring is 1. The summed E-state index contributed by atoms with van der Waals surface area (Å²) in [5.41, 5.74) is 4.31. The maximum absolute atomic E-state index is 11.7. The normalized spacial score (nSPS) is 33.1. The van der Waals surface area contributed by atoms with Gasteiger partial charge in [-0.2, -0.15) is 4.98 Å². The van der Waals surface area contributed by atoms with E-state index in [1.807, 2.05) is 0 Å². The van der Waals surface area contributed by atoms with Gasteiger partial charge in [-0.1, -0.05) is 0 Å². The molecule has 1 aliphatic heterocycles. The van der Waals surface area contributed by atoms with Crippen molar-refractivity contribution >= 4 is 5.82 Å². The number of rotatable bonds is 1. The first-order valence-electron chi connectivity index (χ1n) is 6.11. The quantitative estimate of drug-likeness (QED) is 0.555. The summed E-state index contributed by atoms with van der Waals surface area (Å²) in [6, 6.07) is 0. The molecule has 0 amide bonds. The number of hydrogen-bond donors (Lipinski definition) is 3. The van der Waals surface area contributed by atoms with Crippen LogP contribution < -0.4 is 11.4 Å². The Labute approximate surface area is 95.3 Å². The number of aliphatic hydroxyl groups excluding tert-OH is 2. The van der Waals surface area contributed by atoms with Crippen LogP contribution in [-0.2, 0) is 4.74 Å². The molecule has 1 aliphatic rings. The summed E-state index contributed by atoms with van der Waals surface area (Å²) in [6.07, 6.45) is -2.58. The van der Waals surface area contributed by atoms with E-state index in [9.17, 15) is 15.0 Å². The first-order chi connectivity index (χ1) is 8.70. The lowest BCUT2D eigenvalue weighted by Gasteiger charge is -2.13. The molecule has 16 heavy (non-hydrogen) atoms. The fraction of sp³-hybridized carbons (Fsp3) is 0.556. The van der Waals surface area contributed by atoms with Crippen molar-refractivity contribution in [2.45, 2.75) is 31.9 Å². The zero-order chi connectivity index (χ0) is 14.4. The van der Waals surface area contributed by atoms with E-state index < -0.39 is 31.2 Å². The Morgan fingerprint density at radius 1 is 1.75 bits per heavy atom. The van der Waals surface area contributed by atoms with Gasteiger partial charge in [0.15, 0.2) is 6.29 Å². The van der Waals surface area contributed by atoms with Crippen LogP contribution in [0.2, 0.25) is 0 Å². The number of hydrogen-bond acceptors (Lipinski definition) is 6. The number of ether oxygens (including phenoxy) is 1. The summed E-state index contributed by atoms with van der Waals surface area (Å²) in [7, 11) is 0. The minimum Gasteiger partial charge on any atom is -0.388 e. The van der Waals surface area contributed by atoms with Gasteiger partial charge in [0.05, 0.1) is 0 Å². The number of aromatic nitrogens is 2. The first-order valence-corrected chi connectivity index (χ1v) is 4.61. The third kappa shape index (κ3) is 1.80. The fourth-order valence-electron chi connectivity index (χ4n) is 1.50. The van der Waals surface area contributed by atoms with Gasteiger partial charge >= 0.3 is 5.69 Å². The molecule has 1 aromatic heterocycles. The van der Waals surface area contributed by atoms with Crippen molar-refractivity contribution in [3.8, 4) is 0 Å². The van der Waals surface area contributed by atoms with Crippen molar-refractivity contribution in [3.63, 3.8) is 0 Å². The first kappa shape index (κ1) is 7.77. The highest BCUT2D eigenvalue weighted by atomic mass is 16.6. The van der Waals surface area contributed by atoms with Crippen LogP contribution in [-0.4, -0.2) is 32.2 Å². The fourth-order valence-corrected chi connectivity index (χ4v) is 1.50. The molecule has 7 nitrogen and oxygen atoms in total. The summed E-state index contributed by atoms with van der Waals surface area (Å²) >= 11 is 0. The Balaban J connectivity index is 2.45. The average Bonchev–Trinajstić information content (AvgIpc) is 2.57. The van der Waals surface area contributed by atoms with Gasteiger partial charge in [0.25, 0.3) is 0 Å². The number of anilines is 1. The highest BCUT2D eigenvalue weighted by Crippen LogP contribution is 2.26. The molecule has 0 aromatic carbocycles. The van der Waals surface area contributed by atoms with Crippen LogP contribution in [0.1, 0.15) is 22.3 Å². The molecule has 3 atom stereocenters. The van der Waals surface area contributed by atoms with Gasteiger partial charge in [0, 0.05) is 22.3 Å². The van der Waals surface area contributed by atoms with E-state index in [2.05, 4.69) is 4.98 Å². The lowest BCUT2D eigenvalue weighted by molar-refractivity contribution is -0.142. The second-order valence-corrected chi connectivity index (χ2v) is 3.51. The van der Waals surface area contributed by atoms with E-state index in [-0.39, 0.29) is 17.8 Å². The van der Waals surface area contributed by atoms with E-state index >= 15 is 0 Å². The molecule has 0 aliphatic carbocycles. The highest BCUT2D eigenvalue weighted by Gasteiger charge is 2.34. The summed E-state index contributed by atoms with van der Waals surface area (Å²) in [6.45, 7) is -2.53. The van der Waals surface area contributed by atoms with Crippen LogP contribution in [0, 0.1) is 6.85 Å². The van der Waals surface area contributed by atoms with Crippen molar-refractivity contribution in [3.05, 3.63) is 22.2 Å². The van der Waals surface area contributed by atoms with Crippen LogP contribution in [0.4, 0.5) is 5.82 Å². The summed E-state index contributed by atoms with van der Waals surface area (Å²) in [5.74, 6) is -0.375. The maximum Gasteiger partial charge on any atom is 0.351 e. The SMILES string of the molecule is [2H]C([2H])([2H])c1cn([C@H]2C[C@@H](O)[C@@H](O)O2)c(=O)nc1N. The smallest absolute Gasteiger partial charge is 0.351 e. The Morgan fingerprint density at radius 3 is 3.06 bits per heavy atom. The van der Waals surface area contributed by atoms with E-state index in [0.29, 0.717) is 0 Å². The summed E-state index contributed by atoms with van der Waals surface area (Å²) in [5, 5.41) is 18.6. The molecule has 2 heterocycles. The van der Waals surface area contributed by atoms with Gasteiger partial charge < -0.3 is 20.7 Å². The number of nitrogens with zero attached hydrogens (tertiary/aromatic N) is 2. The highest BCUT2D eigenvalue weighted by molar-refractivity contribution is 5.35. The van der Waals surface area contributed by atoms with Crippen molar-refractivity contribution in [1.82, 2.24) is 9.55 Å². The van der Waals surface area contributed by atoms with Crippen molar-refractivity contribution in [1.29, 1.82) is 0 Å². The minimum atomic E-state index is -2.53. The van der Waals surface area contributed by atoms with E-state index in [4.69, 9.17) is 14.6 Å². The Kier molecular flexibility index (Phi) is 1.87. The molecule has 1 fully saturated rings. The molecule has 1 aromatic rings. The second-order valence-electron chi connectivity index (χ2n) is 3.51. The monoisotopic (exact) mass is 230 g/mol. The number of aryl methyl sites for hydroxylation is 1.